The molecule has 31 heavy (non-hydrogen) atoms. The molecule has 0 fully saturated rings. The Labute approximate surface area is 183 Å². The van der Waals surface area contributed by atoms with E-state index in [1.807, 2.05) is 43.3 Å². The normalized spacial score (nSPS) is 17.5. The molecule has 8 heteroatoms. The van der Waals surface area contributed by atoms with Crippen molar-refractivity contribution in [2.75, 3.05) is 6.61 Å². The van der Waals surface area contributed by atoms with E-state index in [1.54, 1.807) is 6.07 Å². The molecule has 0 saturated carbocycles. The van der Waals surface area contributed by atoms with Crippen molar-refractivity contribution in [3.05, 3.63) is 68.1 Å². The minimum Gasteiger partial charge on any atom is -0.494 e. The first kappa shape index (κ1) is 21.0. The van der Waals surface area contributed by atoms with E-state index in [2.05, 4.69) is 4.98 Å². The van der Waals surface area contributed by atoms with Gasteiger partial charge in [0.2, 0.25) is 5.88 Å². The summed E-state index contributed by atoms with van der Waals surface area (Å²) in [7, 11) is 0. The van der Waals surface area contributed by atoms with Gasteiger partial charge in [-0.25, -0.2) is 0 Å². The van der Waals surface area contributed by atoms with Crippen molar-refractivity contribution in [1.82, 2.24) is 4.98 Å². The molecule has 0 amide bonds. The number of nitrogens with one attached hydrogen (secondary N) is 1. The van der Waals surface area contributed by atoms with Gasteiger partial charge in [0.25, 0.3) is 0 Å². The molecule has 0 radical (unpaired) electrons. The number of benzene rings is 2. The zero-order chi connectivity index (χ0) is 22.0. The molecule has 2 N–H and O–H groups in total. The zero-order valence-corrected chi connectivity index (χ0v) is 18.1. The van der Waals surface area contributed by atoms with Crippen LogP contribution in [0.3, 0.4) is 0 Å². The molecule has 1 atom stereocenters. The number of aromatic amines is 1. The summed E-state index contributed by atoms with van der Waals surface area (Å²) in [6.45, 7) is 3.78. The molecule has 0 saturated heterocycles. The van der Waals surface area contributed by atoms with E-state index < -0.39 is 5.60 Å². The molecule has 1 aliphatic heterocycles. The van der Waals surface area contributed by atoms with Gasteiger partial charge in [0.05, 0.1) is 4.88 Å². The molecule has 1 aromatic heterocycles. The van der Waals surface area contributed by atoms with Gasteiger partial charge < -0.3 is 19.3 Å². The fourth-order valence-corrected chi connectivity index (χ4v) is 4.25. The SMILES string of the molecule is CC(=O)Oc1ccc2c(c1)CCC(C)(COc1ccc(Cc3sc(=O)[nH]c3O)cc1)O2. The monoisotopic (exact) mass is 441 g/mol. The minimum absolute atomic E-state index is 0.0713. The van der Waals surface area contributed by atoms with Crippen LogP contribution in [0.4, 0.5) is 0 Å². The highest BCUT2D eigenvalue weighted by Gasteiger charge is 2.32. The van der Waals surface area contributed by atoms with Crippen molar-refractivity contribution >= 4 is 17.3 Å². The number of rotatable bonds is 6. The summed E-state index contributed by atoms with van der Waals surface area (Å²) in [4.78, 5) is 25.2. The lowest BCUT2D eigenvalue weighted by molar-refractivity contribution is -0.131. The molecular formula is C23H23NO6S. The molecule has 0 spiro atoms. The highest BCUT2D eigenvalue weighted by Crippen LogP contribution is 2.36. The average molecular weight is 442 g/mol. The van der Waals surface area contributed by atoms with Crippen molar-refractivity contribution in [2.45, 2.75) is 38.7 Å². The largest absolute Gasteiger partial charge is 0.494 e. The lowest BCUT2D eigenvalue weighted by Crippen LogP contribution is -2.42. The number of thiazole rings is 1. The number of ether oxygens (including phenoxy) is 3. The lowest BCUT2D eigenvalue weighted by Gasteiger charge is -2.35. The number of aryl methyl sites for hydroxylation is 1. The van der Waals surface area contributed by atoms with E-state index >= 15 is 0 Å². The lowest BCUT2D eigenvalue weighted by atomic mass is 9.93. The van der Waals surface area contributed by atoms with Crippen LogP contribution >= 0.6 is 11.3 Å². The molecule has 1 unspecified atom stereocenters. The zero-order valence-electron chi connectivity index (χ0n) is 17.3. The van der Waals surface area contributed by atoms with Crippen LogP contribution in [0.15, 0.2) is 47.3 Å². The molecule has 2 heterocycles. The summed E-state index contributed by atoms with van der Waals surface area (Å²) in [5.74, 6) is 1.60. The summed E-state index contributed by atoms with van der Waals surface area (Å²) in [6, 6.07) is 13.0. The van der Waals surface area contributed by atoms with Gasteiger partial charge in [-0.1, -0.05) is 23.5 Å². The molecule has 7 nitrogen and oxygen atoms in total. The van der Waals surface area contributed by atoms with Crippen LogP contribution in [0, 0.1) is 0 Å². The van der Waals surface area contributed by atoms with Gasteiger partial charge in [-0.2, -0.15) is 0 Å². The van der Waals surface area contributed by atoms with Crippen molar-refractivity contribution in [1.29, 1.82) is 0 Å². The molecule has 3 aromatic rings. The Morgan fingerprint density at radius 1 is 1.23 bits per heavy atom. The molecule has 0 aliphatic carbocycles. The topological polar surface area (TPSA) is 97.9 Å². The summed E-state index contributed by atoms with van der Waals surface area (Å²) >= 11 is 1.01. The third kappa shape index (κ3) is 5.08. The molecular weight excluding hydrogens is 418 g/mol. The second kappa shape index (κ2) is 8.47. The Morgan fingerprint density at radius 2 is 1.97 bits per heavy atom. The fraction of sp³-hybridized carbons (Fsp3) is 0.304. The van der Waals surface area contributed by atoms with Crippen molar-refractivity contribution in [2.24, 2.45) is 0 Å². The number of H-pyrrole nitrogens is 1. The van der Waals surface area contributed by atoms with Crippen LogP contribution in [0.25, 0.3) is 0 Å². The molecule has 0 bridgehead atoms. The minimum atomic E-state index is -0.474. The molecule has 1 aliphatic rings. The maximum absolute atomic E-state index is 11.3. The van der Waals surface area contributed by atoms with Crippen molar-refractivity contribution in [3.63, 3.8) is 0 Å². The predicted molar refractivity (Wildman–Crippen MR) is 116 cm³/mol. The fourth-order valence-electron chi connectivity index (χ4n) is 3.49. The van der Waals surface area contributed by atoms with Crippen LogP contribution in [0.1, 0.15) is 36.3 Å². The van der Waals surface area contributed by atoms with Gasteiger partial charge in [0.1, 0.15) is 29.5 Å². The first-order valence-electron chi connectivity index (χ1n) is 9.93. The van der Waals surface area contributed by atoms with E-state index in [9.17, 15) is 14.7 Å². The second-order valence-electron chi connectivity index (χ2n) is 7.81. The van der Waals surface area contributed by atoms with E-state index in [-0.39, 0.29) is 16.7 Å². The highest BCUT2D eigenvalue weighted by molar-refractivity contribution is 7.09. The van der Waals surface area contributed by atoms with Gasteiger partial charge >= 0.3 is 10.8 Å². The Morgan fingerprint density at radius 3 is 2.65 bits per heavy atom. The molecule has 2 aromatic carbocycles. The number of carbonyl (C=O) groups is 1. The maximum Gasteiger partial charge on any atom is 0.308 e. The van der Waals surface area contributed by atoms with Crippen molar-refractivity contribution in [3.8, 4) is 23.1 Å². The van der Waals surface area contributed by atoms with E-state index in [1.165, 1.54) is 6.92 Å². The van der Waals surface area contributed by atoms with Crippen LogP contribution in [-0.4, -0.2) is 28.3 Å². The number of aromatic hydroxyl groups is 1. The predicted octanol–water partition coefficient (Wildman–Crippen LogP) is 3.82. The van der Waals surface area contributed by atoms with Crippen LogP contribution in [0.2, 0.25) is 0 Å². The number of esters is 1. The smallest absolute Gasteiger partial charge is 0.308 e. The van der Waals surface area contributed by atoms with Crippen molar-refractivity contribution < 1.29 is 24.1 Å². The summed E-state index contributed by atoms with van der Waals surface area (Å²) in [5.41, 5.74) is 1.50. The van der Waals surface area contributed by atoms with Gasteiger partial charge in [0, 0.05) is 13.3 Å². The third-order valence-electron chi connectivity index (χ3n) is 5.11. The third-order valence-corrected chi connectivity index (χ3v) is 5.98. The standard InChI is InChI=1S/C23H23NO6S/c1-14(25)29-18-7-8-19-16(12-18)9-10-23(2,30-19)13-28-17-5-3-15(4-6-17)11-20-21(26)24-22(27)31-20/h3-8,12,26H,9-11,13H2,1-2H3,(H,24,27). The Balaban J connectivity index is 1.36. The number of hydrogen-bond donors (Lipinski definition) is 2. The first-order chi connectivity index (χ1) is 14.8. The van der Waals surface area contributed by atoms with Gasteiger partial charge in [0.15, 0.2) is 0 Å². The maximum atomic E-state index is 11.3. The van der Waals surface area contributed by atoms with Crippen LogP contribution < -0.4 is 19.1 Å². The van der Waals surface area contributed by atoms with Gasteiger partial charge in [-0.15, -0.1) is 0 Å². The number of carbonyl (C=O) groups excluding carboxylic acids is 1. The van der Waals surface area contributed by atoms with Gasteiger partial charge in [-0.05, 0) is 61.2 Å². The highest BCUT2D eigenvalue weighted by atomic mass is 32.1. The van der Waals surface area contributed by atoms with E-state index in [4.69, 9.17) is 14.2 Å². The Kier molecular flexibility index (Phi) is 5.73. The quantitative estimate of drug-likeness (QED) is 0.446. The average Bonchev–Trinajstić information content (AvgIpc) is 3.04. The van der Waals surface area contributed by atoms with E-state index in [0.717, 1.165) is 46.8 Å². The number of hydrogen-bond acceptors (Lipinski definition) is 7. The summed E-state index contributed by atoms with van der Waals surface area (Å²) in [5, 5.41) is 9.72. The number of aromatic nitrogens is 1. The van der Waals surface area contributed by atoms with Crippen LogP contribution in [0.5, 0.6) is 23.1 Å². The van der Waals surface area contributed by atoms with E-state index in [0.29, 0.717) is 23.7 Å². The second-order valence-corrected chi connectivity index (χ2v) is 8.88. The Bertz CT molecular complexity index is 1150. The summed E-state index contributed by atoms with van der Waals surface area (Å²) in [6.07, 6.45) is 2.04. The number of fused-ring (bicyclic) bond motifs is 1. The first-order valence-corrected chi connectivity index (χ1v) is 10.7. The summed E-state index contributed by atoms with van der Waals surface area (Å²) < 4.78 is 17.3. The van der Waals surface area contributed by atoms with Gasteiger partial charge in [-0.3, -0.25) is 14.6 Å². The molecule has 4 rings (SSSR count). The Hall–Kier alpha value is -3.26. The molecule has 162 valence electrons. The van der Waals surface area contributed by atoms with Crippen LogP contribution in [-0.2, 0) is 17.6 Å².